The van der Waals surface area contributed by atoms with Crippen LogP contribution >= 0.6 is 23.2 Å². The van der Waals surface area contributed by atoms with Crippen LogP contribution in [0, 0.1) is 0 Å². The van der Waals surface area contributed by atoms with Crippen LogP contribution in [0.5, 0.6) is 0 Å². The van der Waals surface area contributed by atoms with Gasteiger partial charge in [-0.1, -0.05) is 23.2 Å². The van der Waals surface area contributed by atoms with Crippen molar-refractivity contribution in [3.63, 3.8) is 0 Å². The van der Waals surface area contributed by atoms with Gasteiger partial charge in [0.15, 0.2) is 0 Å². The number of nitrogens with two attached hydrogens (primary N) is 1. The van der Waals surface area contributed by atoms with Crippen LogP contribution in [0.15, 0.2) is 17.0 Å². The van der Waals surface area contributed by atoms with E-state index in [1.807, 2.05) is 0 Å². The zero-order valence-electron chi connectivity index (χ0n) is 8.20. The lowest BCUT2D eigenvalue weighted by Gasteiger charge is -2.09. The highest BCUT2D eigenvalue weighted by atomic mass is 35.5. The van der Waals surface area contributed by atoms with E-state index in [1.54, 1.807) is 0 Å². The Labute approximate surface area is 104 Å². The minimum absolute atomic E-state index is 0.00897. The average Bonchev–Trinajstić information content (AvgIpc) is 2.83. The van der Waals surface area contributed by atoms with Gasteiger partial charge in [0.2, 0.25) is 10.0 Å². The zero-order valence-corrected chi connectivity index (χ0v) is 10.5. The Balaban J connectivity index is 2.46. The van der Waals surface area contributed by atoms with Gasteiger partial charge in [-0.2, -0.15) is 0 Å². The standard InChI is InChI=1S/C9H10Cl2N2O2S/c10-7-3-5(12)4-8(11)9(7)16(14,15)13-6-1-2-6/h3-4,6,13H,1-2,12H2. The normalized spacial score (nSPS) is 16.4. The van der Waals surface area contributed by atoms with Gasteiger partial charge in [0.1, 0.15) is 4.90 Å². The monoisotopic (exact) mass is 280 g/mol. The molecule has 16 heavy (non-hydrogen) atoms. The first-order valence-electron chi connectivity index (χ1n) is 4.67. The molecule has 0 aromatic heterocycles. The van der Waals surface area contributed by atoms with Gasteiger partial charge in [-0.25, -0.2) is 13.1 Å². The molecule has 0 atom stereocenters. The summed E-state index contributed by atoms with van der Waals surface area (Å²) >= 11 is 11.7. The molecule has 0 saturated heterocycles. The Morgan fingerprint density at radius 1 is 1.25 bits per heavy atom. The highest BCUT2D eigenvalue weighted by molar-refractivity contribution is 7.89. The molecule has 88 valence electrons. The van der Waals surface area contributed by atoms with E-state index in [0.29, 0.717) is 5.69 Å². The lowest BCUT2D eigenvalue weighted by Crippen LogP contribution is -2.26. The van der Waals surface area contributed by atoms with E-state index in [2.05, 4.69) is 4.72 Å². The first-order valence-corrected chi connectivity index (χ1v) is 6.91. The number of benzene rings is 1. The Kier molecular flexibility index (Phi) is 3.05. The SMILES string of the molecule is Nc1cc(Cl)c(S(=O)(=O)NC2CC2)c(Cl)c1. The molecule has 0 amide bonds. The van der Waals surface area contributed by atoms with Crippen molar-refractivity contribution in [3.05, 3.63) is 22.2 Å². The molecule has 2 rings (SSSR count). The largest absolute Gasteiger partial charge is 0.399 e. The van der Waals surface area contributed by atoms with Crippen LogP contribution in [-0.2, 0) is 10.0 Å². The third-order valence-electron chi connectivity index (χ3n) is 2.19. The van der Waals surface area contributed by atoms with Crippen LogP contribution < -0.4 is 10.5 Å². The maximum Gasteiger partial charge on any atom is 0.243 e. The molecule has 1 fully saturated rings. The fraction of sp³-hybridized carbons (Fsp3) is 0.333. The number of nitrogens with one attached hydrogen (secondary N) is 1. The molecule has 0 radical (unpaired) electrons. The number of hydrogen-bond donors (Lipinski definition) is 2. The topological polar surface area (TPSA) is 72.2 Å². The van der Waals surface area contributed by atoms with Crippen LogP contribution in [0.3, 0.4) is 0 Å². The number of anilines is 1. The quantitative estimate of drug-likeness (QED) is 0.832. The fourth-order valence-corrected chi connectivity index (χ4v) is 3.85. The summed E-state index contributed by atoms with van der Waals surface area (Å²) in [5.74, 6) is 0. The van der Waals surface area contributed by atoms with Crippen LogP contribution in [-0.4, -0.2) is 14.5 Å². The second-order valence-corrected chi connectivity index (χ2v) is 6.17. The van der Waals surface area contributed by atoms with Gasteiger partial charge < -0.3 is 5.73 Å². The van der Waals surface area contributed by atoms with Crippen molar-refractivity contribution < 1.29 is 8.42 Å². The van der Waals surface area contributed by atoms with E-state index < -0.39 is 10.0 Å². The molecule has 3 N–H and O–H groups in total. The van der Waals surface area contributed by atoms with Gasteiger partial charge in [-0.3, -0.25) is 0 Å². The number of hydrogen-bond acceptors (Lipinski definition) is 3. The molecule has 1 aromatic carbocycles. The van der Waals surface area contributed by atoms with Gasteiger partial charge in [-0.15, -0.1) is 0 Å². The number of sulfonamides is 1. The van der Waals surface area contributed by atoms with Crippen molar-refractivity contribution in [1.82, 2.24) is 4.72 Å². The second-order valence-electron chi connectivity index (χ2n) is 3.71. The summed E-state index contributed by atoms with van der Waals surface area (Å²) in [7, 11) is -3.64. The van der Waals surface area contributed by atoms with Crippen molar-refractivity contribution in [2.24, 2.45) is 0 Å². The van der Waals surface area contributed by atoms with Gasteiger partial charge in [0.25, 0.3) is 0 Å². The zero-order chi connectivity index (χ0) is 11.9. The maximum atomic E-state index is 11.9. The molecule has 0 aliphatic heterocycles. The Morgan fingerprint density at radius 2 is 1.75 bits per heavy atom. The van der Waals surface area contributed by atoms with E-state index >= 15 is 0 Å². The van der Waals surface area contributed by atoms with E-state index in [1.165, 1.54) is 12.1 Å². The third kappa shape index (κ3) is 2.43. The van der Waals surface area contributed by atoms with Crippen LogP contribution in [0.1, 0.15) is 12.8 Å². The van der Waals surface area contributed by atoms with Crippen LogP contribution in [0.25, 0.3) is 0 Å². The minimum Gasteiger partial charge on any atom is -0.399 e. The molecule has 0 unspecified atom stereocenters. The maximum absolute atomic E-state index is 11.9. The molecule has 0 spiro atoms. The lowest BCUT2D eigenvalue weighted by atomic mass is 10.3. The predicted octanol–water partition coefficient (Wildman–Crippen LogP) is 2.02. The van der Waals surface area contributed by atoms with Gasteiger partial charge in [0.05, 0.1) is 10.0 Å². The smallest absolute Gasteiger partial charge is 0.243 e. The molecule has 4 nitrogen and oxygen atoms in total. The van der Waals surface area contributed by atoms with E-state index in [9.17, 15) is 8.42 Å². The molecule has 7 heteroatoms. The molecule has 1 aliphatic rings. The van der Waals surface area contributed by atoms with Gasteiger partial charge >= 0.3 is 0 Å². The second kappa shape index (κ2) is 4.07. The van der Waals surface area contributed by atoms with E-state index in [-0.39, 0.29) is 21.0 Å². The minimum atomic E-state index is -3.64. The Hall–Kier alpha value is -0.490. The number of nitrogen functional groups attached to an aromatic ring is 1. The highest BCUT2D eigenvalue weighted by Crippen LogP contribution is 2.33. The van der Waals surface area contributed by atoms with Crippen LogP contribution in [0.4, 0.5) is 5.69 Å². The summed E-state index contributed by atoms with van der Waals surface area (Å²) in [6, 6.07) is 2.75. The first-order chi connectivity index (χ1) is 7.40. The molecule has 1 aromatic rings. The summed E-state index contributed by atoms with van der Waals surface area (Å²) in [6.07, 6.45) is 1.70. The van der Waals surface area contributed by atoms with Crippen molar-refractivity contribution in [1.29, 1.82) is 0 Å². The Bertz CT molecular complexity index is 503. The summed E-state index contributed by atoms with van der Waals surface area (Å²) in [5.41, 5.74) is 5.83. The number of halogens is 2. The molecule has 1 aliphatic carbocycles. The molecule has 0 bridgehead atoms. The first kappa shape index (κ1) is 12.0. The average molecular weight is 281 g/mol. The highest BCUT2D eigenvalue weighted by Gasteiger charge is 2.30. The lowest BCUT2D eigenvalue weighted by molar-refractivity contribution is 0.581. The van der Waals surface area contributed by atoms with E-state index in [0.717, 1.165) is 12.8 Å². The molecular formula is C9H10Cl2N2O2S. The van der Waals surface area contributed by atoms with Crippen molar-refractivity contribution >= 4 is 38.9 Å². The number of rotatable bonds is 3. The van der Waals surface area contributed by atoms with Crippen molar-refractivity contribution in [2.45, 2.75) is 23.8 Å². The van der Waals surface area contributed by atoms with Crippen molar-refractivity contribution in [2.75, 3.05) is 5.73 Å². The molecular weight excluding hydrogens is 271 g/mol. The predicted molar refractivity (Wildman–Crippen MR) is 64.2 cm³/mol. The van der Waals surface area contributed by atoms with Gasteiger partial charge in [0, 0.05) is 11.7 Å². The summed E-state index contributed by atoms with van der Waals surface area (Å²) < 4.78 is 26.3. The van der Waals surface area contributed by atoms with E-state index in [4.69, 9.17) is 28.9 Å². The third-order valence-corrected chi connectivity index (χ3v) is 4.63. The fourth-order valence-electron chi connectivity index (χ4n) is 1.32. The van der Waals surface area contributed by atoms with Crippen molar-refractivity contribution in [3.8, 4) is 0 Å². The molecule has 1 saturated carbocycles. The van der Waals surface area contributed by atoms with Crippen LogP contribution in [0.2, 0.25) is 10.0 Å². The summed E-state index contributed by atoms with van der Waals surface area (Å²) in [6.45, 7) is 0. The summed E-state index contributed by atoms with van der Waals surface area (Å²) in [4.78, 5) is -0.100. The molecule has 0 heterocycles. The summed E-state index contributed by atoms with van der Waals surface area (Å²) in [5, 5.41) is 0.0799. The Morgan fingerprint density at radius 3 is 2.19 bits per heavy atom. The van der Waals surface area contributed by atoms with Gasteiger partial charge in [-0.05, 0) is 25.0 Å².